The molecule has 0 amide bonds. The zero-order chi connectivity index (χ0) is 21.7. The van der Waals surface area contributed by atoms with Crippen LogP contribution >= 0.6 is 0 Å². The molecule has 0 N–H and O–H groups in total. The van der Waals surface area contributed by atoms with E-state index in [1.807, 2.05) is 26.0 Å². The number of carbonyl (C=O) groups is 2. The largest absolute Gasteiger partial charge is 0.452 e. The van der Waals surface area contributed by atoms with E-state index in [2.05, 4.69) is 12.0 Å². The monoisotopic (exact) mass is 406 g/mol. The summed E-state index contributed by atoms with van der Waals surface area (Å²) in [7, 11) is 0. The van der Waals surface area contributed by atoms with Gasteiger partial charge in [0.25, 0.3) is 5.56 Å². The minimum Gasteiger partial charge on any atom is -0.452 e. The molecule has 0 saturated carbocycles. The number of carbonyl (C=O) groups excluding carboxylic acids is 2. The molecule has 6 nitrogen and oxygen atoms in total. The van der Waals surface area contributed by atoms with Crippen molar-refractivity contribution >= 4 is 22.5 Å². The Balaban J connectivity index is 1.85. The highest BCUT2D eigenvalue weighted by Gasteiger charge is 2.20. The Morgan fingerprint density at radius 2 is 1.77 bits per heavy atom. The summed E-state index contributed by atoms with van der Waals surface area (Å²) >= 11 is 0. The van der Waals surface area contributed by atoms with Gasteiger partial charge in [0.15, 0.2) is 12.3 Å². The smallest absolute Gasteiger partial charge is 0.359 e. The lowest BCUT2D eigenvalue weighted by Crippen LogP contribution is -2.27. The molecule has 0 unspecified atom stereocenters. The topological polar surface area (TPSA) is 78.3 Å². The molecule has 3 rings (SSSR count). The Morgan fingerprint density at radius 3 is 2.47 bits per heavy atom. The number of fused-ring (bicyclic) bond motifs is 1. The summed E-state index contributed by atoms with van der Waals surface area (Å²) in [5.74, 6) is -0.991. The van der Waals surface area contributed by atoms with Crippen LogP contribution in [-0.4, -0.2) is 28.1 Å². The number of unbranched alkanes of at least 4 members (excludes halogenated alkanes) is 2. The van der Waals surface area contributed by atoms with Crippen LogP contribution in [0.25, 0.3) is 10.8 Å². The molecule has 2 aromatic carbocycles. The fourth-order valence-corrected chi connectivity index (χ4v) is 3.45. The second kappa shape index (κ2) is 9.48. The maximum absolute atomic E-state index is 12.8. The lowest BCUT2D eigenvalue weighted by atomic mass is 10.0. The van der Waals surface area contributed by atoms with Gasteiger partial charge in [-0.3, -0.25) is 9.59 Å². The van der Waals surface area contributed by atoms with Crippen molar-refractivity contribution in [2.75, 3.05) is 6.61 Å². The molecule has 0 bridgehead atoms. The molecule has 0 aliphatic heterocycles. The lowest BCUT2D eigenvalue weighted by molar-refractivity contribution is 0.0468. The summed E-state index contributed by atoms with van der Waals surface area (Å²) < 4.78 is 6.61. The SMILES string of the molecule is CCCCCn1nc(C(=O)OCC(=O)c2ccc(C)cc2C)c2ccccc2c1=O. The molecular formula is C24H26N2O4. The highest BCUT2D eigenvalue weighted by atomic mass is 16.5. The predicted molar refractivity (Wildman–Crippen MR) is 116 cm³/mol. The summed E-state index contributed by atoms with van der Waals surface area (Å²) in [6, 6.07) is 12.3. The lowest BCUT2D eigenvalue weighted by Gasteiger charge is -2.11. The van der Waals surface area contributed by atoms with Gasteiger partial charge in [-0.05, 0) is 31.9 Å². The number of esters is 1. The average Bonchev–Trinajstić information content (AvgIpc) is 2.73. The van der Waals surface area contributed by atoms with E-state index in [1.54, 1.807) is 30.3 Å². The minimum atomic E-state index is -0.714. The quantitative estimate of drug-likeness (QED) is 0.318. The number of hydrogen-bond acceptors (Lipinski definition) is 5. The third-order valence-corrected chi connectivity index (χ3v) is 5.05. The van der Waals surface area contributed by atoms with E-state index in [-0.39, 0.29) is 23.6 Å². The summed E-state index contributed by atoms with van der Waals surface area (Å²) in [5.41, 5.74) is 2.24. The van der Waals surface area contributed by atoms with Crippen LogP contribution in [-0.2, 0) is 11.3 Å². The van der Waals surface area contributed by atoms with Gasteiger partial charge < -0.3 is 4.74 Å². The van der Waals surface area contributed by atoms with Crippen LogP contribution in [0.4, 0.5) is 0 Å². The fraction of sp³-hybridized carbons (Fsp3) is 0.333. The Morgan fingerprint density at radius 1 is 1.03 bits per heavy atom. The van der Waals surface area contributed by atoms with Gasteiger partial charge in [-0.15, -0.1) is 0 Å². The van der Waals surface area contributed by atoms with Crippen molar-refractivity contribution in [3.05, 3.63) is 75.2 Å². The number of ether oxygens (including phenoxy) is 1. The van der Waals surface area contributed by atoms with Crippen molar-refractivity contribution in [2.24, 2.45) is 0 Å². The van der Waals surface area contributed by atoms with Crippen molar-refractivity contribution in [2.45, 2.75) is 46.6 Å². The standard InChI is InChI=1S/C24H26N2O4/c1-4-5-8-13-26-23(28)20-10-7-6-9-19(20)22(25-26)24(29)30-15-21(27)18-12-11-16(2)14-17(18)3/h6-7,9-12,14H,4-5,8,13,15H2,1-3H3. The molecule has 0 atom stereocenters. The van der Waals surface area contributed by atoms with Crippen molar-refractivity contribution in [1.82, 2.24) is 9.78 Å². The number of rotatable bonds is 8. The van der Waals surface area contributed by atoms with Gasteiger partial charge in [0, 0.05) is 17.5 Å². The predicted octanol–water partition coefficient (Wildman–Crippen LogP) is 4.24. The second-order valence-electron chi connectivity index (χ2n) is 7.45. The fourth-order valence-electron chi connectivity index (χ4n) is 3.45. The first-order chi connectivity index (χ1) is 14.4. The van der Waals surface area contributed by atoms with Gasteiger partial charge in [0.05, 0.1) is 5.39 Å². The highest BCUT2D eigenvalue weighted by molar-refractivity contribution is 6.04. The van der Waals surface area contributed by atoms with Crippen molar-refractivity contribution < 1.29 is 14.3 Å². The van der Waals surface area contributed by atoms with Crippen LogP contribution in [0.2, 0.25) is 0 Å². The average molecular weight is 406 g/mol. The molecule has 0 radical (unpaired) electrons. The van der Waals surface area contributed by atoms with Crippen LogP contribution in [0.15, 0.2) is 47.3 Å². The van der Waals surface area contributed by atoms with Crippen LogP contribution < -0.4 is 5.56 Å². The van der Waals surface area contributed by atoms with E-state index in [9.17, 15) is 14.4 Å². The number of nitrogens with zero attached hydrogens (tertiary/aromatic N) is 2. The summed E-state index contributed by atoms with van der Waals surface area (Å²) in [5, 5.41) is 5.11. The number of benzene rings is 2. The van der Waals surface area contributed by atoms with Gasteiger partial charge in [-0.1, -0.05) is 61.7 Å². The Bertz CT molecular complexity index is 1150. The summed E-state index contributed by atoms with van der Waals surface area (Å²) in [6.07, 6.45) is 2.77. The third-order valence-electron chi connectivity index (χ3n) is 5.05. The van der Waals surface area contributed by atoms with E-state index in [4.69, 9.17) is 4.74 Å². The van der Waals surface area contributed by atoms with Gasteiger partial charge in [0.2, 0.25) is 5.78 Å². The maximum Gasteiger partial charge on any atom is 0.359 e. The van der Waals surface area contributed by atoms with E-state index in [0.29, 0.717) is 22.9 Å². The molecule has 0 fully saturated rings. The van der Waals surface area contributed by atoms with Gasteiger partial charge in [-0.2, -0.15) is 5.10 Å². The van der Waals surface area contributed by atoms with E-state index in [0.717, 1.165) is 30.4 Å². The van der Waals surface area contributed by atoms with Gasteiger partial charge >= 0.3 is 5.97 Å². The molecule has 0 aliphatic rings. The molecule has 30 heavy (non-hydrogen) atoms. The zero-order valence-electron chi connectivity index (χ0n) is 17.6. The van der Waals surface area contributed by atoms with Crippen molar-refractivity contribution in [3.8, 4) is 0 Å². The first-order valence-corrected chi connectivity index (χ1v) is 10.2. The molecule has 156 valence electrons. The van der Waals surface area contributed by atoms with Crippen LogP contribution in [0.5, 0.6) is 0 Å². The molecule has 1 aromatic heterocycles. The summed E-state index contributed by atoms with van der Waals surface area (Å²) in [4.78, 5) is 38.0. The number of aryl methyl sites for hydroxylation is 3. The minimum absolute atomic E-state index is 0.0510. The Hall–Kier alpha value is -3.28. The molecule has 0 saturated heterocycles. The van der Waals surface area contributed by atoms with Crippen LogP contribution in [0.3, 0.4) is 0 Å². The van der Waals surface area contributed by atoms with Crippen molar-refractivity contribution in [3.63, 3.8) is 0 Å². The molecule has 1 heterocycles. The first kappa shape index (κ1) is 21.4. The number of aromatic nitrogens is 2. The number of ketones is 1. The third kappa shape index (κ3) is 4.64. The Kier molecular flexibility index (Phi) is 6.77. The molecule has 0 aliphatic carbocycles. The number of hydrogen-bond donors (Lipinski definition) is 0. The highest BCUT2D eigenvalue weighted by Crippen LogP contribution is 2.16. The normalized spacial score (nSPS) is 10.9. The Labute approximate surface area is 175 Å². The van der Waals surface area contributed by atoms with E-state index in [1.165, 1.54) is 4.68 Å². The second-order valence-corrected chi connectivity index (χ2v) is 7.45. The first-order valence-electron chi connectivity index (χ1n) is 10.2. The zero-order valence-corrected chi connectivity index (χ0v) is 17.6. The van der Waals surface area contributed by atoms with E-state index >= 15 is 0 Å². The maximum atomic E-state index is 12.8. The molecule has 0 spiro atoms. The summed E-state index contributed by atoms with van der Waals surface area (Å²) in [6.45, 7) is 5.93. The van der Waals surface area contributed by atoms with Gasteiger partial charge in [0.1, 0.15) is 0 Å². The van der Waals surface area contributed by atoms with Crippen LogP contribution in [0.1, 0.15) is 58.2 Å². The molecule has 6 heteroatoms. The molecular weight excluding hydrogens is 380 g/mol. The van der Waals surface area contributed by atoms with Crippen molar-refractivity contribution in [1.29, 1.82) is 0 Å². The van der Waals surface area contributed by atoms with E-state index < -0.39 is 5.97 Å². The van der Waals surface area contributed by atoms with Crippen LogP contribution in [0, 0.1) is 13.8 Å². The van der Waals surface area contributed by atoms with Gasteiger partial charge in [-0.25, -0.2) is 9.48 Å². The molecule has 3 aromatic rings. The number of Topliss-reactive ketones (excluding diaryl/α,β-unsaturated/α-hetero) is 1.